The fourth-order valence-corrected chi connectivity index (χ4v) is 1.34. The Morgan fingerprint density at radius 3 is 2.45 bits per heavy atom. The van der Waals surface area contributed by atoms with E-state index in [0.717, 1.165) is 5.57 Å². The molecule has 1 unspecified atom stereocenters. The zero-order valence-electron chi connectivity index (χ0n) is 6.31. The molecule has 6 heteroatoms. The van der Waals surface area contributed by atoms with Crippen LogP contribution in [0.15, 0.2) is 11.8 Å². The molecule has 11 heavy (non-hydrogen) atoms. The van der Waals surface area contributed by atoms with Gasteiger partial charge in [-0.05, 0) is 11.0 Å². The molecule has 0 radical (unpaired) electrons. The first-order chi connectivity index (χ1) is 4.85. The van der Waals surface area contributed by atoms with E-state index < -0.39 is 14.4 Å². The smallest absolute Gasteiger partial charge is 0.239 e. The maximum absolute atomic E-state index is 10.7. The van der Waals surface area contributed by atoms with Crippen molar-refractivity contribution >= 4 is 10.3 Å². The van der Waals surface area contributed by atoms with E-state index in [-0.39, 0.29) is 6.61 Å². The lowest BCUT2D eigenvalue weighted by molar-refractivity contribution is -0.942. The molecule has 0 aromatic carbocycles. The van der Waals surface area contributed by atoms with E-state index in [2.05, 4.69) is 0 Å². The third-order valence-corrected chi connectivity index (χ3v) is 2.59. The van der Waals surface area contributed by atoms with Crippen molar-refractivity contribution in [1.82, 2.24) is 0 Å². The molecule has 0 bridgehead atoms. The summed E-state index contributed by atoms with van der Waals surface area (Å²) in [6, 6.07) is 0. The Kier molecular flexibility index (Phi) is 1.79. The highest BCUT2D eigenvalue weighted by atomic mass is 32.2. The fraction of sp³-hybridized carbons (Fsp3) is 0.600. The summed E-state index contributed by atoms with van der Waals surface area (Å²) < 4.78 is 29.1. The summed E-state index contributed by atoms with van der Waals surface area (Å²) in [6.45, 7) is 1.96. The van der Waals surface area contributed by atoms with E-state index in [1.165, 1.54) is 13.2 Å². The van der Waals surface area contributed by atoms with E-state index in [1.54, 1.807) is 6.92 Å². The maximum Gasteiger partial charge on any atom is 0.468 e. The molecule has 1 aliphatic rings. The van der Waals surface area contributed by atoms with Crippen LogP contribution >= 0.6 is 0 Å². The van der Waals surface area contributed by atoms with Crippen LogP contribution in [0.4, 0.5) is 0 Å². The minimum Gasteiger partial charge on any atom is -0.239 e. The lowest BCUT2D eigenvalue weighted by Gasteiger charge is -2.16. The van der Waals surface area contributed by atoms with Gasteiger partial charge in [0.2, 0.25) is 0 Å². The Morgan fingerprint density at radius 2 is 2.27 bits per heavy atom. The summed E-state index contributed by atoms with van der Waals surface area (Å²) in [7, 11) is -2.94. The molecule has 1 rings (SSSR count). The van der Waals surface area contributed by atoms with Crippen LogP contribution in [-0.2, 0) is 15.1 Å². The molecular formula is C5H10NO4S+. The lowest BCUT2D eigenvalue weighted by Crippen LogP contribution is -2.40. The molecule has 0 aliphatic carbocycles. The highest BCUT2D eigenvalue weighted by Crippen LogP contribution is 2.21. The van der Waals surface area contributed by atoms with Crippen LogP contribution in [0.2, 0.25) is 0 Å². The minimum absolute atomic E-state index is 0.232. The second-order valence-electron chi connectivity index (χ2n) is 2.61. The summed E-state index contributed by atoms with van der Waals surface area (Å²) in [6.07, 6.45) is 1.34. The summed E-state index contributed by atoms with van der Waals surface area (Å²) in [5.74, 6) is 0. The molecule has 1 heterocycles. The van der Waals surface area contributed by atoms with Crippen molar-refractivity contribution in [2.45, 2.75) is 6.92 Å². The Morgan fingerprint density at radius 1 is 1.73 bits per heavy atom. The van der Waals surface area contributed by atoms with Crippen molar-refractivity contribution < 1.29 is 21.9 Å². The normalized spacial score (nSPS) is 32.1. The second-order valence-corrected chi connectivity index (χ2v) is 4.23. The molecule has 0 saturated heterocycles. The van der Waals surface area contributed by atoms with Gasteiger partial charge in [-0.2, -0.15) is 4.84 Å². The number of quaternary nitrogens is 1. The van der Waals surface area contributed by atoms with Crippen LogP contribution < -0.4 is 0 Å². The summed E-state index contributed by atoms with van der Waals surface area (Å²) in [4.78, 5) is 4.82. The summed E-state index contributed by atoms with van der Waals surface area (Å²) >= 11 is 0. The van der Waals surface area contributed by atoms with Crippen molar-refractivity contribution in [3.05, 3.63) is 11.8 Å². The zero-order chi connectivity index (χ0) is 8.70. The number of hydrogen-bond acceptors (Lipinski definition) is 3. The standard InChI is InChI=1S/C5H9NO4S/c1-5-3-6(2,10-4-5)11(7,8)9/h3H,4H2,1-2H3/p+1. The largest absolute Gasteiger partial charge is 0.468 e. The van der Waals surface area contributed by atoms with Crippen LogP contribution in [-0.4, -0.2) is 30.7 Å². The molecule has 64 valence electrons. The van der Waals surface area contributed by atoms with Gasteiger partial charge in [0.1, 0.15) is 19.9 Å². The topological polar surface area (TPSA) is 63.6 Å². The van der Waals surface area contributed by atoms with Crippen LogP contribution in [0, 0.1) is 0 Å². The Bertz CT molecular complexity index is 294. The highest BCUT2D eigenvalue weighted by Gasteiger charge is 2.41. The van der Waals surface area contributed by atoms with Crippen molar-refractivity contribution in [3.8, 4) is 0 Å². The van der Waals surface area contributed by atoms with Crippen LogP contribution in [0.1, 0.15) is 6.92 Å². The van der Waals surface area contributed by atoms with Crippen molar-refractivity contribution in [1.29, 1.82) is 0 Å². The minimum atomic E-state index is -4.20. The monoisotopic (exact) mass is 180 g/mol. The van der Waals surface area contributed by atoms with E-state index in [9.17, 15) is 8.42 Å². The Labute approximate surface area is 65.3 Å². The number of rotatable bonds is 1. The van der Waals surface area contributed by atoms with E-state index in [4.69, 9.17) is 9.39 Å². The second kappa shape index (κ2) is 2.28. The predicted molar refractivity (Wildman–Crippen MR) is 37.4 cm³/mol. The Hall–Kier alpha value is -0.430. The molecule has 0 fully saturated rings. The van der Waals surface area contributed by atoms with Gasteiger partial charge >= 0.3 is 10.3 Å². The Balaban J connectivity index is 3.05. The molecule has 1 N–H and O–H groups in total. The van der Waals surface area contributed by atoms with Crippen molar-refractivity contribution in [2.75, 3.05) is 13.7 Å². The molecule has 0 aromatic heterocycles. The summed E-state index contributed by atoms with van der Waals surface area (Å²) in [5.41, 5.74) is 0.783. The average molecular weight is 180 g/mol. The molecule has 5 nitrogen and oxygen atoms in total. The number of hydroxylamine groups is 2. The molecule has 0 saturated carbocycles. The molecule has 1 atom stereocenters. The summed E-state index contributed by atoms with van der Waals surface area (Å²) in [5, 5.41) is 0. The third-order valence-electron chi connectivity index (χ3n) is 1.46. The number of hydrogen-bond donors (Lipinski definition) is 1. The van der Waals surface area contributed by atoms with Gasteiger partial charge in [0.25, 0.3) is 0 Å². The van der Waals surface area contributed by atoms with Crippen molar-refractivity contribution in [2.24, 2.45) is 0 Å². The van der Waals surface area contributed by atoms with E-state index >= 15 is 0 Å². The molecule has 0 aromatic rings. The zero-order valence-corrected chi connectivity index (χ0v) is 7.13. The van der Waals surface area contributed by atoms with Gasteiger partial charge in [-0.25, -0.2) is 4.55 Å². The van der Waals surface area contributed by atoms with Gasteiger partial charge in [-0.15, -0.1) is 8.42 Å². The maximum atomic E-state index is 10.7. The third kappa shape index (κ3) is 1.43. The van der Waals surface area contributed by atoms with Gasteiger partial charge in [-0.3, -0.25) is 0 Å². The van der Waals surface area contributed by atoms with Crippen LogP contribution in [0.5, 0.6) is 0 Å². The van der Waals surface area contributed by atoms with Gasteiger partial charge in [0, 0.05) is 5.57 Å². The predicted octanol–water partition coefficient (Wildman–Crippen LogP) is 0.0848. The van der Waals surface area contributed by atoms with Crippen molar-refractivity contribution in [3.63, 3.8) is 0 Å². The first-order valence-electron chi connectivity index (χ1n) is 3.02. The first-order valence-corrected chi connectivity index (χ1v) is 4.41. The van der Waals surface area contributed by atoms with Crippen LogP contribution in [0.3, 0.4) is 0 Å². The first kappa shape index (κ1) is 8.66. The number of nitrogens with zero attached hydrogens (tertiary/aromatic N) is 1. The highest BCUT2D eigenvalue weighted by molar-refractivity contribution is 7.80. The quantitative estimate of drug-likeness (QED) is 0.458. The molecule has 0 spiro atoms. The van der Waals surface area contributed by atoms with E-state index in [1.807, 2.05) is 0 Å². The van der Waals surface area contributed by atoms with Gasteiger partial charge < -0.3 is 0 Å². The molecule has 1 aliphatic heterocycles. The van der Waals surface area contributed by atoms with Gasteiger partial charge in [0.05, 0.1) is 0 Å². The lowest BCUT2D eigenvalue weighted by atomic mass is 10.4. The van der Waals surface area contributed by atoms with Gasteiger partial charge in [-0.1, -0.05) is 0 Å². The fourth-order valence-electron chi connectivity index (χ4n) is 0.838. The molecular weight excluding hydrogens is 170 g/mol. The van der Waals surface area contributed by atoms with Gasteiger partial charge in [0.15, 0.2) is 0 Å². The average Bonchev–Trinajstić information content (AvgIpc) is 2.10. The SMILES string of the molecule is CC1=C[N+](C)(S(=O)(=O)O)OC1. The van der Waals surface area contributed by atoms with Crippen LogP contribution in [0.25, 0.3) is 0 Å². The molecule has 0 amide bonds. The van der Waals surface area contributed by atoms with E-state index in [0.29, 0.717) is 0 Å².